The van der Waals surface area contributed by atoms with Gasteiger partial charge in [0.2, 0.25) is 0 Å². The van der Waals surface area contributed by atoms with Crippen molar-refractivity contribution < 1.29 is 4.74 Å². The fourth-order valence-electron chi connectivity index (χ4n) is 2.15. The van der Waals surface area contributed by atoms with E-state index in [1.165, 1.54) is 0 Å². The van der Waals surface area contributed by atoms with Crippen LogP contribution in [0.5, 0.6) is 5.75 Å². The minimum Gasteiger partial charge on any atom is -0.487 e. The first kappa shape index (κ1) is 14.9. The lowest BCUT2D eigenvalue weighted by Gasteiger charge is -2.12. The number of anilines is 1. The molecule has 108 valence electrons. The van der Waals surface area contributed by atoms with E-state index in [4.69, 9.17) is 10.5 Å². The Hall–Kier alpha value is -1.49. The zero-order valence-electron chi connectivity index (χ0n) is 11.8. The van der Waals surface area contributed by atoms with E-state index in [9.17, 15) is 0 Å². The molecule has 2 aromatic rings. The van der Waals surface area contributed by atoms with Gasteiger partial charge in [0.05, 0.1) is 11.7 Å². The zero-order valence-corrected chi connectivity index (χ0v) is 13.4. The molecule has 1 aromatic heterocycles. The first-order valence-electron chi connectivity index (χ1n) is 6.85. The van der Waals surface area contributed by atoms with Gasteiger partial charge >= 0.3 is 0 Å². The highest BCUT2D eigenvalue weighted by Gasteiger charge is 2.08. The molecular formula is C15H20BrN3O. The highest BCUT2D eigenvalue weighted by molar-refractivity contribution is 9.10. The Bertz CT molecular complexity index is 544. The number of hydrogen-bond donors (Lipinski definition) is 1. The highest BCUT2D eigenvalue weighted by atomic mass is 79.9. The molecule has 0 saturated heterocycles. The van der Waals surface area contributed by atoms with Crippen molar-refractivity contribution in [3.05, 3.63) is 40.6 Å². The van der Waals surface area contributed by atoms with Gasteiger partial charge in [-0.25, -0.2) is 0 Å². The minimum absolute atomic E-state index is 0.447. The van der Waals surface area contributed by atoms with Crippen LogP contribution in [0.1, 0.15) is 38.4 Å². The Balaban J connectivity index is 2.00. The standard InChI is InChI=1S/C15H20BrN3O/c1-3-14(4-2)19-6-5-13(18-19)10-20-15-8-11(16)7-12(17)9-15/h5-9,14H,3-4,10,17H2,1-2H3. The molecule has 2 N–H and O–H groups in total. The second-order valence-electron chi connectivity index (χ2n) is 4.77. The molecule has 0 bridgehead atoms. The third kappa shape index (κ3) is 3.76. The van der Waals surface area contributed by atoms with E-state index >= 15 is 0 Å². The molecule has 0 aliphatic rings. The van der Waals surface area contributed by atoms with Crippen LogP contribution in [-0.4, -0.2) is 9.78 Å². The van der Waals surface area contributed by atoms with Crippen LogP contribution in [0.2, 0.25) is 0 Å². The van der Waals surface area contributed by atoms with E-state index < -0.39 is 0 Å². The van der Waals surface area contributed by atoms with Crippen molar-refractivity contribution in [1.82, 2.24) is 9.78 Å². The summed E-state index contributed by atoms with van der Waals surface area (Å²) in [6.45, 7) is 4.80. The van der Waals surface area contributed by atoms with Crippen molar-refractivity contribution >= 4 is 21.6 Å². The van der Waals surface area contributed by atoms with Crippen LogP contribution in [-0.2, 0) is 6.61 Å². The second-order valence-corrected chi connectivity index (χ2v) is 5.68. The topological polar surface area (TPSA) is 53.1 Å². The summed E-state index contributed by atoms with van der Waals surface area (Å²) >= 11 is 3.40. The van der Waals surface area contributed by atoms with Gasteiger partial charge in [0, 0.05) is 22.4 Å². The molecule has 0 unspecified atom stereocenters. The van der Waals surface area contributed by atoms with Crippen LogP contribution in [0, 0.1) is 0 Å². The van der Waals surface area contributed by atoms with Gasteiger partial charge in [-0.2, -0.15) is 5.10 Å². The van der Waals surface area contributed by atoms with E-state index in [-0.39, 0.29) is 0 Å². The summed E-state index contributed by atoms with van der Waals surface area (Å²) in [6.07, 6.45) is 4.19. The Labute approximate surface area is 128 Å². The Morgan fingerprint density at radius 1 is 1.30 bits per heavy atom. The van der Waals surface area contributed by atoms with Crippen molar-refractivity contribution in [3.8, 4) is 5.75 Å². The van der Waals surface area contributed by atoms with E-state index in [0.717, 1.165) is 28.8 Å². The van der Waals surface area contributed by atoms with Gasteiger partial charge < -0.3 is 10.5 Å². The predicted octanol–water partition coefficient (Wildman–Crippen LogP) is 4.17. The summed E-state index contributed by atoms with van der Waals surface area (Å²) in [7, 11) is 0. The number of nitrogen functional groups attached to an aromatic ring is 1. The van der Waals surface area contributed by atoms with Crippen LogP contribution >= 0.6 is 15.9 Å². The monoisotopic (exact) mass is 337 g/mol. The normalized spacial score (nSPS) is 11.0. The Morgan fingerprint density at radius 2 is 2.05 bits per heavy atom. The average Bonchev–Trinajstić information content (AvgIpc) is 2.86. The fraction of sp³-hybridized carbons (Fsp3) is 0.400. The minimum atomic E-state index is 0.447. The maximum atomic E-state index is 5.78. The molecule has 20 heavy (non-hydrogen) atoms. The number of hydrogen-bond acceptors (Lipinski definition) is 3. The summed E-state index contributed by atoms with van der Waals surface area (Å²) in [5.74, 6) is 0.744. The Morgan fingerprint density at radius 3 is 2.70 bits per heavy atom. The van der Waals surface area contributed by atoms with E-state index in [0.29, 0.717) is 18.3 Å². The molecule has 1 aromatic carbocycles. The third-order valence-corrected chi connectivity index (χ3v) is 3.72. The van der Waals surface area contributed by atoms with E-state index in [2.05, 4.69) is 34.9 Å². The van der Waals surface area contributed by atoms with Gasteiger partial charge in [-0.15, -0.1) is 0 Å². The largest absolute Gasteiger partial charge is 0.487 e. The Kier molecular flexibility index (Phi) is 5.06. The van der Waals surface area contributed by atoms with Crippen LogP contribution in [0.15, 0.2) is 34.9 Å². The SMILES string of the molecule is CCC(CC)n1ccc(COc2cc(N)cc(Br)c2)n1. The number of benzene rings is 1. The van der Waals surface area contributed by atoms with Crippen molar-refractivity contribution in [2.45, 2.75) is 39.3 Å². The molecule has 1 heterocycles. The number of nitrogens with zero attached hydrogens (tertiary/aromatic N) is 2. The smallest absolute Gasteiger partial charge is 0.132 e. The third-order valence-electron chi connectivity index (χ3n) is 3.26. The number of halogens is 1. The lowest BCUT2D eigenvalue weighted by Crippen LogP contribution is -2.08. The second kappa shape index (κ2) is 6.79. The summed E-state index contributed by atoms with van der Waals surface area (Å²) in [4.78, 5) is 0. The van der Waals surface area contributed by atoms with Crippen LogP contribution in [0.25, 0.3) is 0 Å². The molecule has 2 rings (SSSR count). The molecule has 0 saturated carbocycles. The summed E-state index contributed by atoms with van der Waals surface area (Å²) in [5.41, 5.74) is 7.38. The van der Waals surface area contributed by atoms with Crippen LogP contribution in [0.4, 0.5) is 5.69 Å². The fourth-order valence-corrected chi connectivity index (χ4v) is 2.64. The van der Waals surface area contributed by atoms with Crippen molar-refractivity contribution in [2.24, 2.45) is 0 Å². The molecule has 0 atom stereocenters. The van der Waals surface area contributed by atoms with Crippen LogP contribution in [0.3, 0.4) is 0 Å². The summed E-state index contributed by atoms with van der Waals surface area (Å²) in [5, 5.41) is 4.56. The van der Waals surface area contributed by atoms with Gasteiger partial charge in [0.25, 0.3) is 0 Å². The molecule has 0 amide bonds. The molecule has 4 nitrogen and oxygen atoms in total. The van der Waals surface area contributed by atoms with Gasteiger partial charge in [-0.1, -0.05) is 29.8 Å². The number of rotatable bonds is 6. The molecular weight excluding hydrogens is 318 g/mol. The number of aromatic nitrogens is 2. The van der Waals surface area contributed by atoms with E-state index in [1.54, 1.807) is 0 Å². The van der Waals surface area contributed by atoms with Gasteiger partial charge in [-0.3, -0.25) is 4.68 Å². The molecule has 0 aliphatic carbocycles. The van der Waals surface area contributed by atoms with Crippen molar-refractivity contribution in [2.75, 3.05) is 5.73 Å². The molecule has 0 fully saturated rings. The first-order chi connectivity index (χ1) is 9.62. The van der Waals surface area contributed by atoms with Gasteiger partial charge in [0.1, 0.15) is 12.4 Å². The van der Waals surface area contributed by atoms with Crippen molar-refractivity contribution in [1.29, 1.82) is 0 Å². The van der Waals surface area contributed by atoms with Gasteiger partial charge in [0.15, 0.2) is 0 Å². The maximum absolute atomic E-state index is 5.78. The van der Waals surface area contributed by atoms with Crippen LogP contribution < -0.4 is 10.5 Å². The molecule has 0 radical (unpaired) electrons. The van der Waals surface area contributed by atoms with Crippen molar-refractivity contribution in [3.63, 3.8) is 0 Å². The lowest BCUT2D eigenvalue weighted by atomic mass is 10.2. The quantitative estimate of drug-likeness (QED) is 0.805. The zero-order chi connectivity index (χ0) is 14.5. The highest BCUT2D eigenvalue weighted by Crippen LogP contribution is 2.23. The predicted molar refractivity (Wildman–Crippen MR) is 84.7 cm³/mol. The first-order valence-corrected chi connectivity index (χ1v) is 7.64. The molecule has 5 heteroatoms. The average molecular weight is 338 g/mol. The molecule has 0 aliphatic heterocycles. The summed E-state index contributed by atoms with van der Waals surface area (Å²) < 4.78 is 8.66. The number of ether oxygens (including phenoxy) is 1. The molecule has 0 spiro atoms. The lowest BCUT2D eigenvalue weighted by molar-refractivity contribution is 0.297. The summed E-state index contributed by atoms with van der Waals surface area (Å²) in [6, 6.07) is 8.01. The maximum Gasteiger partial charge on any atom is 0.132 e. The number of nitrogens with two attached hydrogens (primary N) is 1. The van der Waals surface area contributed by atoms with E-state index in [1.807, 2.05) is 35.1 Å². The van der Waals surface area contributed by atoms with Gasteiger partial charge in [-0.05, 0) is 31.0 Å².